The summed E-state index contributed by atoms with van der Waals surface area (Å²) in [5.74, 6) is -7.31. The lowest BCUT2D eigenvalue weighted by Gasteiger charge is -2.25. The monoisotopic (exact) mass is 478 g/mol. The highest BCUT2D eigenvalue weighted by Crippen LogP contribution is 2.07. The molecule has 14 heteroatoms. The number of carboxylic acids is 3. The summed E-state index contributed by atoms with van der Waals surface area (Å²) < 4.78 is 0. The first-order valence-corrected chi connectivity index (χ1v) is 10.4. The SMILES string of the molecule is CCC(C)C(N)C(=O)NC(CS)C(=O)NC(CCC(=O)O)C(=O)NC(CC(=O)O)C(=O)O. The van der Waals surface area contributed by atoms with Crippen LogP contribution in [-0.4, -0.2) is 80.9 Å². The third kappa shape index (κ3) is 10.4. The number of nitrogens with two attached hydrogens (primary N) is 1. The van der Waals surface area contributed by atoms with Gasteiger partial charge in [0.05, 0.1) is 12.5 Å². The van der Waals surface area contributed by atoms with Crippen LogP contribution in [-0.2, 0) is 28.8 Å². The molecule has 0 radical (unpaired) electrons. The van der Waals surface area contributed by atoms with E-state index in [4.69, 9.17) is 21.1 Å². The Bertz CT molecular complexity index is 719. The molecule has 0 aliphatic heterocycles. The highest BCUT2D eigenvalue weighted by molar-refractivity contribution is 7.80. The molecule has 0 rings (SSSR count). The summed E-state index contributed by atoms with van der Waals surface area (Å²) in [6.45, 7) is 3.59. The van der Waals surface area contributed by atoms with Gasteiger partial charge in [0.1, 0.15) is 18.1 Å². The molecule has 3 amide bonds. The number of hydrogen-bond acceptors (Lipinski definition) is 8. The number of amides is 3. The highest BCUT2D eigenvalue weighted by atomic mass is 32.1. The largest absolute Gasteiger partial charge is 0.481 e. The Morgan fingerprint density at radius 3 is 1.78 bits per heavy atom. The molecule has 182 valence electrons. The minimum Gasteiger partial charge on any atom is -0.481 e. The van der Waals surface area contributed by atoms with Gasteiger partial charge in [-0.15, -0.1) is 0 Å². The maximum Gasteiger partial charge on any atom is 0.326 e. The van der Waals surface area contributed by atoms with Gasteiger partial charge < -0.3 is 37.0 Å². The Kier molecular flexibility index (Phi) is 13.0. The molecule has 0 bridgehead atoms. The number of thiol groups is 1. The second-order valence-electron chi connectivity index (χ2n) is 7.15. The van der Waals surface area contributed by atoms with Crippen molar-refractivity contribution in [2.45, 2.75) is 63.7 Å². The van der Waals surface area contributed by atoms with Gasteiger partial charge in [-0.2, -0.15) is 12.6 Å². The molecule has 13 nitrogen and oxygen atoms in total. The van der Waals surface area contributed by atoms with Crippen LogP contribution in [0.5, 0.6) is 0 Å². The van der Waals surface area contributed by atoms with E-state index in [1.165, 1.54) is 0 Å². The van der Waals surface area contributed by atoms with Crippen molar-refractivity contribution in [2.75, 3.05) is 5.75 Å². The molecule has 0 aliphatic rings. The van der Waals surface area contributed by atoms with E-state index in [0.717, 1.165) is 0 Å². The number of rotatable bonds is 15. The van der Waals surface area contributed by atoms with Gasteiger partial charge in [-0.3, -0.25) is 24.0 Å². The van der Waals surface area contributed by atoms with Crippen LogP contribution in [0.2, 0.25) is 0 Å². The lowest BCUT2D eigenvalue weighted by molar-refractivity contribution is -0.147. The van der Waals surface area contributed by atoms with Crippen molar-refractivity contribution >= 4 is 48.3 Å². The zero-order valence-corrected chi connectivity index (χ0v) is 18.6. The fourth-order valence-electron chi connectivity index (χ4n) is 2.43. The number of aliphatic carboxylic acids is 3. The van der Waals surface area contributed by atoms with E-state index in [2.05, 4.69) is 23.3 Å². The van der Waals surface area contributed by atoms with Crippen molar-refractivity contribution < 1.29 is 44.1 Å². The van der Waals surface area contributed by atoms with E-state index in [-0.39, 0.29) is 11.7 Å². The molecule has 0 aromatic rings. The van der Waals surface area contributed by atoms with Gasteiger partial charge in [0.2, 0.25) is 17.7 Å². The topological polar surface area (TPSA) is 225 Å². The molecule has 32 heavy (non-hydrogen) atoms. The average molecular weight is 479 g/mol. The third-order valence-electron chi connectivity index (χ3n) is 4.65. The minimum absolute atomic E-state index is 0.171. The van der Waals surface area contributed by atoms with Crippen LogP contribution in [0, 0.1) is 5.92 Å². The van der Waals surface area contributed by atoms with Crippen molar-refractivity contribution in [3.05, 3.63) is 0 Å². The zero-order chi connectivity index (χ0) is 25.0. The summed E-state index contributed by atoms with van der Waals surface area (Å²) in [6, 6.07) is -5.40. The molecule has 0 saturated carbocycles. The van der Waals surface area contributed by atoms with E-state index < -0.39 is 79.1 Å². The maximum atomic E-state index is 12.6. The average Bonchev–Trinajstić information content (AvgIpc) is 2.71. The lowest BCUT2D eigenvalue weighted by atomic mass is 9.99. The number of carbonyl (C=O) groups excluding carboxylic acids is 3. The predicted octanol–water partition coefficient (Wildman–Crippen LogP) is -1.83. The van der Waals surface area contributed by atoms with Crippen LogP contribution in [0.15, 0.2) is 0 Å². The van der Waals surface area contributed by atoms with Crippen molar-refractivity contribution in [2.24, 2.45) is 11.7 Å². The summed E-state index contributed by atoms with van der Waals surface area (Å²) >= 11 is 4.00. The van der Waals surface area contributed by atoms with Crippen LogP contribution in [0.25, 0.3) is 0 Å². The maximum absolute atomic E-state index is 12.6. The van der Waals surface area contributed by atoms with Crippen molar-refractivity contribution in [1.29, 1.82) is 0 Å². The highest BCUT2D eigenvalue weighted by Gasteiger charge is 2.31. The van der Waals surface area contributed by atoms with Gasteiger partial charge in [-0.05, 0) is 12.3 Å². The number of nitrogens with one attached hydrogen (secondary N) is 3. The van der Waals surface area contributed by atoms with E-state index in [0.29, 0.717) is 6.42 Å². The zero-order valence-electron chi connectivity index (χ0n) is 17.7. The molecule has 0 heterocycles. The van der Waals surface area contributed by atoms with Crippen LogP contribution in [0.1, 0.15) is 39.5 Å². The van der Waals surface area contributed by atoms with E-state index >= 15 is 0 Å². The third-order valence-corrected chi connectivity index (χ3v) is 5.01. The molecule has 0 fully saturated rings. The van der Waals surface area contributed by atoms with E-state index in [1.807, 2.05) is 12.2 Å². The van der Waals surface area contributed by atoms with Crippen LogP contribution < -0.4 is 21.7 Å². The Morgan fingerprint density at radius 1 is 0.844 bits per heavy atom. The normalized spacial score (nSPS) is 15.4. The summed E-state index contributed by atoms with van der Waals surface area (Å²) in [4.78, 5) is 70.1. The predicted molar refractivity (Wildman–Crippen MR) is 114 cm³/mol. The van der Waals surface area contributed by atoms with Gasteiger partial charge in [-0.1, -0.05) is 20.3 Å². The fourth-order valence-corrected chi connectivity index (χ4v) is 2.69. The Balaban J connectivity index is 5.39. The van der Waals surface area contributed by atoms with Gasteiger partial charge in [0, 0.05) is 12.2 Å². The lowest BCUT2D eigenvalue weighted by Crippen LogP contribution is -2.58. The van der Waals surface area contributed by atoms with Crippen LogP contribution >= 0.6 is 12.6 Å². The Hall–Kier alpha value is -2.87. The van der Waals surface area contributed by atoms with Crippen molar-refractivity contribution in [1.82, 2.24) is 16.0 Å². The molecular formula is C18H30N4O9S. The van der Waals surface area contributed by atoms with Gasteiger partial charge in [-0.25, -0.2) is 4.79 Å². The van der Waals surface area contributed by atoms with Gasteiger partial charge >= 0.3 is 17.9 Å². The van der Waals surface area contributed by atoms with Crippen molar-refractivity contribution in [3.8, 4) is 0 Å². The molecule has 0 aromatic heterocycles. The molecule has 0 spiro atoms. The molecule has 5 atom stereocenters. The minimum atomic E-state index is -1.79. The molecule has 8 N–H and O–H groups in total. The van der Waals surface area contributed by atoms with Crippen LogP contribution in [0.4, 0.5) is 0 Å². The number of carbonyl (C=O) groups is 6. The molecule has 0 saturated heterocycles. The summed E-state index contributed by atoms with van der Waals surface area (Å²) in [5.41, 5.74) is 5.83. The summed E-state index contributed by atoms with van der Waals surface area (Å²) in [6.07, 6.45) is -1.27. The second kappa shape index (κ2) is 14.2. The van der Waals surface area contributed by atoms with E-state index in [1.54, 1.807) is 6.92 Å². The first-order valence-electron chi connectivity index (χ1n) is 9.77. The molecule has 5 unspecified atom stereocenters. The van der Waals surface area contributed by atoms with Crippen LogP contribution in [0.3, 0.4) is 0 Å². The molecule has 0 aromatic carbocycles. The Labute approximate surface area is 189 Å². The van der Waals surface area contributed by atoms with Gasteiger partial charge in [0.25, 0.3) is 0 Å². The second-order valence-corrected chi connectivity index (χ2v) is 7.51. The van der Waals surface area contributed by atoms with Gasteiger partial charge in [0.15, 0.2) is 0 Å². The number of carboxylic acid groups (broad SMARTS) is 3. The first kappa shape index (κ1) is 29.1. The van der Waals surface area contributed by atoms with Crippen molar-refractivity contribution in [3.63, 3.8) is 0 Å². The van der Waals surface area contributed by atoms with E-state index in [9.17, 15) is 28.8 Å². The fraction of sp³-hybridized carbons (Fsp3) is 0.667. The first-order chi connectivity index (χ1) is 14.8. The molecule has 0 aliphatic carbocycles. The Morgan fingerprint density at radius 2 is 1.34 bits per heavy atom. The smallest absolute Gasteiger partial charge is 0.326 e. The quantitative estimate of drug-likeness (QED) is 0.123. The number of hydrogen-bond donors (Lipinski definition) is 8. The molecular weight excluding hydrogens is 448 g/mol. The summed E-state index contributed by atoms with van der Waals surface area (Å²) in [7, 11) is 0. The summed E-state index contributed by atoms with van der Waals surface area (Å²) in [5, 5.41) is 33.3. The standard InChI is InChI=1S/C18H30N4O9S/c1-3-8(2)14(19)17(29)22-11(7-32)16(28)20-9(4-5-12(23)24)15(27)21-10(18(30)31)6-13(25)26/h8-11,14,32H,3-7,19H2,1-2H3,(H,20,28)(H,21,27)(H,22,29)(H,23,24)(H,25,26)(H,30,31).